The molecular weight excluding hydrogens is 312 g/mol. The maximum absolute atomic E-state index is 12.7. The molecule has 1 aromatic carbocycles. The molecule has 0 unspecified atom stereocenters. The van der Waals surface area contributed by atoms with Crippen LogP contribution in [0.4, 0.5) is 0 Å². The predicted molar refractivity (Wildman–Crippen MR) is 98.5 cm³/mol. The lowest BCUT2D eigenvalue weighted by atomic mass is 9.86. The van der Waals surface area contributed by atoms with E-state index >= 15 is 0 Å². The van der Waals surface area contributed by atoms with Crippen LogP contribution >= 0.6 is 0 Å². The van der Waals surface area contributed by atoms with Crippen LogP contribution in [0, 0.1) is 5.92 Å². The van der Waals surface area contributed by atoms with E-state index in [0.29, 0.717) is 5.92 Å². The van der Waals surface area contributed by atoms with Crippen LogP contribution < -0.4 is 5.32 Å². The molecule has 0 radical (unpaired) electrons. The van der Waals surface area contributed by atoms with Gasteiger partial charge in [0.1, 0.15) is 0 Å². The number of hydrogen-bond acceptors (Lipinski definition) is 3. The van der Waals surface area contributed by atoms with E-state index in [9.17, 15) is 4.79 Å². The Morgan fingerprint density at radius 2 is 1.84 bits per heavy atom. The first-order chi connectivity index (χ1) is 12.3. The van der Waals surface area contributed by atoms with Crippen molar-refractivity contribution in [1.29, 1.82) is 0 Å². The number of carbonyl (C=O) groups is 1. The topological polar surface area (TPSA) is 41.6 Å². The Kier molecular flexibility index (Phi) is 5.09. The van der Waals surface area contributed by atoms with Gasteiger partial charge in [-0.25, -0.2) is 0 Å². The van der Waals surface area contributed by atoms with E-state index < -0.39 is 0 Å². The van der Waals surface area contributed by atoms with Crippen LogP contribution in [0.3, 0.4) is 0 Å². The summed E-state index contributed by atoms with van der Waals surface area (Å²) in [6, 6.07) is 10.5. The van der Waals surface area contributed by atoms with Gasteiger partial charge in [-0.15, -0.1) is 0 Å². The number of amides is 1. The van der Waals surface area contributed by atoms with E-state index in [2.05, 4.69) is 34.5 Å². The van der Waals surface area contributed by atoms with E-state index in [1.54, 1.807) is 0 Å². The Morgan fingerprint density at radius 3 is 2.56 bits per heavy atom. The summed E-state index contributed by atoms with van der Waals surface area (Å²) in [6.07, 6.45) is 7.00. The Labute approximate surface area is 150 Å². The summed E-state index contributed by atoms with van der Waals surface area (Å²) in [5.41, 5.74) is 1.42. The van der Waals surface area contributed by atoms with Gasteiger partial charge < -0.3 is 10.1 Å². The molecule has 25 heavy (non-hydrogen) atoms. The first-order valence-electron chi connectivity index (χ1n) is 9.94. The minimum atomic E-state index is 0.117. The largest absolute Gasteiger partial charge is 0.381 e. The molecule has 0 aromatic heterocycles. The average Bonchev–Trinajstić information content (AvgIpc) is 3.49. The third-order valence-corrected chi connectivity index (χ3v) is 6.40. The molecule has 3 fully saturated rings. The fourth-order valence-corrected chi connectivity index (χ4v) is 4.66. The maximum Gasteiger partial charge on any atom is 0.223 e. The molecule has 4 rings (SSSR count). The molecule has 2 aliphatic heterocycles. The zero-order chi connectivity index (χ0) is 17.1. The lowest BCUT2D eigenvalue weighted by Gasteiger charge is -2.48. The molecule has 1 aromatic rings. The number of nitrogens with zero attached hydrogens (tertiary/aromatic N) is 1. The summed E-state index contributed by atoms with van der Waals surface area (Å²) >= 11 is 0. The van der Waals surface area contributed by atoms with Gasteiger partial charge in [-0.3, -0.25) is 9.69 Å². The summed E-state index contributed by atoms with van der Waals surface area (Å²) in [6.45, 7) is 4.77. The van der Waals surface area contributed by atoms with E-state index in [-0.39, 0.29) is 17.4 Å². The summed E-state index contributed by atoms with van der Waals surface area (Å²) < 4.78 is 5.62. The summed E-state index contributed by atoms with van der Waals surface area (Å²) in [4.78, 5) is 15.3. The van der Waals surface area contributed by atoms with Gasteiger partial charge in [0.25, 0.3) is 0 Å². The van der Waals surface area contributed by atoms with Gasteiger partial charge >= 0.3 is 0 Å². The number of ether oxygens (including phenoxy) is 1. The molecule has 1 N–H and O–H groups in total. The molecule has 1 amide bonds. The number of benzene rings is 1. The van der Waals surface area contributed by atoms with Crippen LogP contribution in [-0.2, 0) is 9.53 Å². The van der Waals surface area contributed by atoms with Gasteiger partial charge in [0, 0.05) is 31.2 Å². The molecule has 1 aliphatic carbocycles. The molecule has 136 valence electrons. The molecule has 2 atom stereocenters. The van der Waals surface area contributed by atoms with E-state index in [4.69, 9.17) is 4.74 Å². The van der Waals surface area contributed by atoms with E-state index in [0.717, 1.165) is 39.0 Å². The number of carbonyl (C=O) groups excluding carboxylic acids is 1. The van der Waals surface area contributed by atoms with Crippen molar-refractivity contribution in [2.24, 2.45) is 5.92 Å². The van der Waals surface area contributed by atoms with Gasteiger partial charge in [-0.05, 0) is 56.7 Å². The molecule has 4 nitrogen and oxygen atoms in total. The van der Waals surface area contributed by atoms with Crippen LogP contribution in [0.2, 0.25) is 0 Å². The van der Waals surface area contributed by atoms with Crippen molar-refractivity contribution < 1.29 is 9.53 Å². The maximum atomic E-state index is 12.7. The monoisotopic (exact) mass is 342 g/mol. The number of likely N-dealkylation sites (tertiary alicyclic amines) is 1. The normalized spacial score (nSPS) is 29.1. The van der Waals surface area contributed by atoms with Gasteiger partial charge in [0.2, 0.25) is 5.91 Å². The highest BCUT2D eigenvalue weighted by atomic mass is 16.5. The number of piperidine rings is 1. The second kappa shape index (κ2) is 7.46. The van der Waals surface area contributed by atoms with Crippen molar-refractivity contribution >= 4 is 5.91 Å². The van der Waals surface area contributed by atoms with Crippen LogP contribution in [0.15, 0.2) is 30.3 Å². The third kappa shape index (κ3) is 3.75. The molecular formula is C21H30N2O2. The number of rotatable bonds is 5. The van der Waals surface area contributed by atoms with Gasteiger partial charge in [-0.2, -0.15) is 0 Å². The van der Waals surface area contributed by atoms with E-state index in [1.807, 2.05) is 6.07 Å². The minimum Gasteiger partial charge on any atom is -0.381 e. The molecule has 2 heterocycles. The zero-order valence-corrected chi connectivity index (χ0v) is 15.1. The lowest BCUT2D eigenvalue weighted by molar-refractivity contribution is -0.124. The molecule has 0 spiro atoms. The Balaban J connectivity index is 1.36. The van der Waals surface area contributed by atoms with Crippen molar-refractivity contribution in [3.8, 4) is 0 Å². The van der Waals surface area contributed by atoms with Crippen molar-refractivity contribution in [3.05, 3.63) is 35.9 Å². The smallest absolute Gasteiger partial charge is 0.223 e. The first-order valence-corrected chi connectivity index (χ1v) is 9.94. The highest BCUT2D eigenvalue weighted by Crippen LogP contribution is 2.47. The van der Waals surface area contributed by atoms with Crippen molar-refractivity contribution in [2.45, 2.75) is 50.0 Å². The number of hydrogen-bond donors (Lipinski definition) is 1. The molecule has 2 saturated heterocycles. The van der Waals surface area contributed by atoms with Crippen LogP contribution in [0.1, 0.15) is 50.0 Å². The van der Waals surface area contributed by atoms with E-state index in [1.165, 1.54) is 37.9 Å². The Hall–Kier alpha value is -1.39. The van der Waals surface area contributed by atoms with Crippen molar-refractivity contribution in [2.75, 3.05) is 32.8 Å². The van der Waals surface area contributed by atoms with Crippen LogP contribution in [0.25, 0.3) is 0 Å². The van der Waals surface area contributed by atoms with Gasteiger partial charge in [0.15, 0.2) is 0 Å². The number of nitrogens with one attached hydrogen (secondary N) is 1. The van der Waals surface area contributed by atoms with Crippen molar-refractivity contribution in [3.63, 3.8) is 0 Å². The summed E-state index contributed by atoms with van der Waals surface area (Å²) in [5, 5.41) is 3.32. The molecule has 3 aliphatic rings. The second-order valence-corrected chi connectivity index (χ2v) is 7.96. The Morgan fingerprint density at radius 1 is 1.12 bits per heavy atom. The molecule has 1 saturated carbocycles. The molecule has 4 heteroatoms. The SMILES string of the molecule is O=C(NCC1(N2CCCCC2)CCOCC1)[C@H]1C[C@H]1c1ccccc1. The summed E-state index contributed by atoms with van der Waals surface area (Å²) in [7, 11) is 0. The van der Waals surface area contributed by atoms with Crippen LogP contribution in [-0.4, -0.2) is 49.2 Å². The average molecular weight is 342 g/mol. The third-order valence-electron chi connectivity index (χ3n) is 6.40. The highest BCUT2D eigenvalue weighted by Gasteiger charge is 2.45. The zero-order valence-electron chi connectivity index (χ0n) is 15.1. The molecule has 0 bridgehead atoms. The van der Waals surface area contributed by atoms with Gasteiger partial charge in [-0.1, -0.05) is 36.8 Å². The fraction of sp³-hybridized carbons (Fsp3) is 0.667. The predicted octanol–water partition coefficient (Wildman–Crippen LogP) is 2.94. The first kappa shape index (κ1) is 17.0. The Bertz CT molecular complexity index is 577. The summed E-state index contributed by atoms with van der Waals surface area (Å²) in [5.74, 6) is 0.833. The fourth-order valence-electron chi connectivity index (χ4n) is 4.66. The standard InChI is InChI=1S/C21H30N2O2/c24-20(19-15-18(19)17-7-3-1-4-8-17)22-16-21(9-13-25-14-10-21)23-11-5-2-6-12-23/h1,3-4,7-8,18-19H,2,5-6,9-16H2,(H,22,24)/t18-,19-/m0/s1. The minimum absolute atomic E-state index is 0.117. The lowest BCUT2D eigenvalue weighted by Crippen LogP contribution is -2.59. The van der Waals surface area contributed by atoms with Gasteiger partial charge in [0.05, 0.1) is 0 Å². The highest BCUT2D eigenvalue weighted by molar-refractivity contribution is 5.83. The van der Waals surface area contributed by atoms with Crippen LogP contribution in [0.5, 0.6) is 0 Å². The quantitative estimate of drug-likeness (QED) is 0.894. The van der Waals surface area contributed by atoms with Crippen molar-refractivity contribution in [1.82, 2.24) is 10.2 Å². The second-order valence-electron chi connectivity index (χ2n) is 7.96.